The normalized spacial score (nSPS) is 22.7. The van der Waals surface area contributed by atoms with Gasteiger partial charge in [0.05, 0.1) is 11.8 Å². The van der Waals surface area contributed by atoms with Crippen molar-refractivity contribution < 1.29 is 9.21 Å². The van der Waals surface area contributed by atoms with E-state index < -0.39 is 0 Å². The lowest BCUT2D eigenvalue weighted by Crippen LogP contribution is -2.22. The Morgan fingerprint density at radius 2 is 2.41 bits per heavy atom. The minimum atomic E-state index is -0.193. The minimum absolute atomic E-state index is 0.193. The maximum Gasteiger partial charge on any atom is 0.274 e. The third-order valence-corrected chi connectivity index (χ3v) is 3.17. The Labute approximate surface area is 101 Å². The SMILES string of the molecule is Cc1occc1C(=O)N/N=C1\CCC[C@H](C)C1. The second kappa shape index (κ2) is 5.17. The van der Waals surface area contributed by atoms with Crippen LogP contribution in [0.15, 0.2) is 21.8 Å². The lowest BCUT2D eigenvalue weighted by Gasteiger charge is -2.18. The van der Waals surface area contributed by atoms with Crippen molar-refractivity contribution in [2.45, 2.75) is 39.5 Å². The van der Waals surface area contributed by atoms with Gasteiger partial charge in [-0.2, -0.15) is 5.10 Å². The van der Waals surface area contributed by atoms with Crippen LogP contribution in [0.25, 0.3) is 0 Å². The Morgan fingerprint density at radius 3 is 3.06 bits per heavy atom. The van der Waals surface area contributed by atoms with Gasteiger partial charge in [-0.3, -0.25) is 4.79 Å². The largest absolute Gasteiger partial charge is 0.469 e. The summed E-state index contributed by atoms with van der Waals surface area (Å²) in [6.07, 6.45) is 5.92. The van der Waals surface area contributed by atoms with Gasteiger partial charge in [0.15, 0.2) is 0 Å². The van der Waals surface area contributed by atoms with Crippen LogP contribution in [-0.4, -0.2) is 11.6 Å². The smallest absolute Gasteiger partial charge is 0.274 e. The predicted molar refractivity (Wildman–Crippen MR) is 66.0 cm³/mol. The van der Waals surface area contributed by atoms with Crippen molar-refractivity contribution in [3.63, 3.8) is 0 Å². The zero-order valence-corrected chi connectivity index (χ0v) is 10.3. The van der Waals surface area contributed by atoms with Gasteiger partial charge in [0, 0.05) is 5.71 Å². The van der Waals surface area contributed by atoms with Gasteiger partial charge in [-0.15, -0.1) is 0 Å². The molecule has 0 bridgehead atoms. The van der Waals surface area contributed by atoms with E-state index in [4.69, 9.17) is 4.42 Å². The summed E-state index contributed by atoms with van der Waals surface area (Å²) in [6.45, 7) is 3.99. The van der Waals surface area contributed by atoms with Gasteiger partial charge in [0.25, 0.3) is 5.91 Å². The van der Waals surface area contributed by atoms with E-state index in [1.54, 1.807) is 13.0 Å². The summed E-state index contributed by atoms with van der Waals surface area (Å²) < 4.78 is 5.09. The number of hydrazone groups is 1. The highest BCUT2D eigenvalue weighted by Gasteiger charge is 2.15. The van der Waals surface area contributed by atoms with Crippen LogP contribution < -0.4 is 5.43 Å². The van der Waals surface area contributed by atoms with E-state index in [0.717, 1.165) is 18.6 Å². The summed E-state index contributed by atoms with van der Waals surface area (Å²) in [6, 6.07) is 1.66. The van der Waals surface area contributed by atoms with Gasteiger partial charge in [-0.1, -0.05) is 6.92 Å². The lowest BCUT2D eigenvalue weighted by atomic mass is 9.89. The highest BCUT2D eigenvalue weighted by atomic mass is 16.3. The predicted octanol–water partition coefficient (Wildman–Crippen LogP) is 2.88. The van der Waals surface area contributed by atoms with Crippen LogP contribution in [0, 0.1) is 12.8 Å². The molecule has 1 N–H and O–H groups in total. The highest BCUT2D eigenvalue weighted by Crippen LogP contribution is 2.21. The topological polar surface area (TPSA) is 54.6 Å². The zero-order chi connectivity index (χ0) is 12.3. The number of hydrogen-bond donors (Lipinski definition) is 1. The molecule has 1 fully saturated rings. The van der Waals surface area contributed by atoms with E-state index in [9.17, 15) is 4.79 Å². The van der Waals surface area contributed by atoms with Crippen LogP contribution in [0.5, 0.6) is 0 Å². The molecule has 17 heavy (non-hydrogen) atoms. The third kappa shape index (κ3) is 2.96. The van der Waals surface area contributed by atoms with E-state index >= 15 is 0 Å². The summed E-state index contributed by atoms with van der Waals surface area (Å²) in [5, 5.41) is 4.21. The molecule has 2 rings (SSSR count). The zero-order valence-electron chi connectivity index (χ0n) is 10.3. The van der Waals surface area contributed by atoms with E-state index in [1.165, 1.54) is 19.1 Å². The van der Waals surface area contributed by atoms with E-state index in [1.807, 2.05) is 0 Å². The molecule has 0 unspecified atom stereocenters. The van der Waals surface area contributed by atoms with Crippen LogP contribution >= 0.6 is 0 Å². The van der Waals surface area contributed by atoms with Gasteiger partial charge < -0.3 is 4.42 Å². The summed E-state index contributed by atoms with van der Waals surface area (Å²) in [5.41, 5.74) is 4.25. The molecule has 1 saturated carbocycles. The Kier molecular flexibility index (Phi) is 3.61. The molecule has 0 saturated heterocycles. The number of rotatable bonds is 2. The van der Waals surface area contributed by atoms with Crippen molar-refractivity contribution >= 4 is 11.6 Å². The molecule has 4 nitrogen and oxygen atoms in total. The number of nitrogens with zero attached hydrogens (tertiary/aromatic N) is 1. The Balaban J connectivity index is 1.96. The molecular weight excluding hydrogens is 216 g/mol. The van der Waals surface area contributed by atoms with Gasteiger partial charge >= 0.3 is 0 Å². The van der Waals surface area contributed by atoms with Crippen LogP contribution in [0.4, 0.5) is 0 Å². The van der Waals surface area contributed by atoms with Gasteiger partial charge in [-0.25, -0.2) is 5.43 Å². The van der Waals surface area contributed by atoms with Gasteiger partial charge in [0.2, 0.25) is 0 Å². The lowest BCUT2D eigenvalue weighted by molar-refractivity contribution is 0.0953. The summed E-state index contributed by atoms with van der Waals surface area (Å²) >= 11 is 0. The van der Waals surface area contributed by atoms with E-state index in [2.05, 4.69) is 17.5 Å². The molecule has 0 aromatic carbocycles. The molecule has 0 aliphatic heterocycles. The van der Waals surface area contributed by atoms with Crippen LogP contribution in [0.2, 0.25) is 0 Å². The first kappa shape index (κ1) is 11.9. The maximum absolute atomic E-state index is 11.8. The number of aryl methyl sites for hydroxylation is 1. The Morgan fingerprint density at radius 1 is 1.59 bits per heavy atom. The molecule has 92 valence electrons. The average molecular weight is 234 g/mol. The highest BCUT2D eigenvalue weighted by molar-refractivity contribution is 5.96. The first-order chi connectivity index (χ1) is 8.16. The minimum Gasteiger partial charge on any atom is -0.469 e. The molecule has 4 heteroatoms. The van der Waals surface area contributed by atoms with Crippen molar-refractivity contribution in [2.24, 2.45) is 11.0 Å². The molecule has 1 aliphatic rings. The molecule has 1 amide bonds. The number of hydrogen-bond acceptors (Lipinski definition) is 3. The fraction of sp³-hybridized carbons (Fsp3) is 0.538. The molecule has 0 radical (unpaired) electrons. The molecule has 1 aromatic heterocycles. The number of amides is 1. The molecule has 1 heterocycles. The monoisotopic (exact) mass is 234 g/mol. The van der Waals surface area contributed by atoms with E-state index in [0.29, 0.717) is 17.2 Å². The van der Waals surface area contributed by atoms with Crippen molar-refractivity contribution in [1.82, 2.24) is 5.43 Å². The second-order valence-corrected chi connectivity index (χ2v) is 4.71. The number of carbonyl (C=O) groups excluding carboxylic acids is 1. The summed E-state index contributed by atoms with van der Waals surface area (Å²) in [4.78, 5) is 11.8. The fourth-order valence-corrected chi connectivity index (χ4v) is 2.17. The van der Waals surface area contributed by atoms with Crippen molar-refractivity contribution in [1.29, 1.82) is 0 Å². The summed E-state index contributed by atoms with van der Waals surface area (Å²) in [5.74, 6) is 1.11. The van der Waals surface area contributed by atoms with Crippen LogP contribution in [-0.2, 0) is 0 Å². The van der Waals surface area contributed by atoms with Crippen LogP contribution in [0.3, 0.4) is 0 Å². The summed E-state index contributed by atoms with van der Waals surface area (Å²) in [7, 11) is 0. The van der Waals surface area contributed by atoms with Crippen molar-refractivity contribution in [3.05, 3.63) is 23.7 Å². The number of furan rings is 1. The fourth-order valence-electron chi connectivity index (χ4n) is 2.17. The maximum atomic E-state index is 11.8. The quantitative estimate of drug-likeness (QED) is 0.800. The first-order valence-electron chi connectivity index (χ1n) is 6.06. The van der Waals surface area contributed by atoms with E-state index in [-0.39, 0.29) is 5.91 Å². The second-order valence-electron chi connectivity index (χ2n) is 4.71. The number of carbonyl (C=O) groups is 1. The molecule has 1 aromatic rings. The Hall–Kier alpha value is -1.58. The van der Waals surface area contributed by atoms with Crippen LogP contribution in [0.1, 0.15) is 48.7 Å². The number of nitrogens with one attached hydrogen (secondary N) is 1. The first-order valence-corrected chi connectivity index (χ1v) is 6.06. The molecule has 0 spiro atoms. The van der Waals surface area contributed by atoms with Gasteiger partial charge in [-0.05, 0) is 44.6 Å². The van der Waals surface area contributed by atoms with Crippen molar-refractivity contribution in [3.8, 4) is 0 Å². The van der Waals surface area contributed by atoms with Gasteiger partial charge in [0.1, 0.15) is 5.76 Å². The molecule has 1 atom stereocenters. The Bertz CT molecular complexity index is 434. The molecule has 1 aliphatic carbocycles. The third-order valence-electron chi connectivity index (χ3n) is 3.17. The average Bonchev–Trinajstić information content (AvgIpc) is 2.72. The standard InChI is InChI=1S/C13H18N2O2/c1-9-4-3-5-11(8-9)14-15-13(16)12-6-7-17-10(12)2/h6-7,9H,3-5,8H2,1-2H3,(H,15,16)/b14-11+/t9-/m0/s1. The van der Waals surface area contributed by atoms with Crippen molar-refractivity contribution in [2.75, 3.05) is 0 Å². The molecular formula is C13H18N2O2.